The van der Waals surface area contributed by atoms with E-state index < -0.39 is 0 Å². The summed E-state index contributed by atoms with van der Waals surface area (Å²) >= 11 is 6.03. The third kappa shape index (κ3) is 1.94. The first-order valence-electron chi connectivity index (χ1n) is 6.01. The third-order valence-corrected chi connectivity index (χ3v) is 3.94. The molecule has 3 rings (SSSR count). The van der Waals surface area contributed by atoms with Gasteiger partial charge >= 0.3 is 6.09 Å². The summed E-state index contributed by atoms with van der Waals surface area (Å²) in [6.45, 7) is 3.49. The minimum atomic E-state index is -0.300. The smallest absolute Gasteiger partial charge is 0.410 e. The summed E-state index contributed by atoms with van der Waals surface area (Å²) in [5.41, 5.74) is 0.904. The summed E-state index contributed by atoms with van der Waals surface area (Å²) in [7, 11) is 0. The van der Waals surface area contributed by atoms with Gasteiger partial charge in [-0.05, 0) is 6.92 Å². The number of aryl methyl sites for hydroxylation is 1. The number of rotatable bonds is 1. The van der Waals surface area contributed by atoms with Crippen LogP contribution in [0.15, 0.2) is 0 Å². The summed E-state index contributed by atoms with van der Waals surface area (Å²) < 4.78 is 4.96. The fourth-order valence-corrected chi connectivity index (χ4v) is 2.55. The number of nitrogens with zero attached hydrogens (tertiary/aromatic N) is 3. The van der Waals surface area contributed by atoms with Gasteiger partial charge in [0.05, 0.1) is 16.8 Å². The van der Waals surface area contributed by atoms with Crippen LogP contribution in [-0.4, -0.2) is 64.3 Å². The maximum absolute atomic E-state index is 12.3. The summed E-state index contributed by atoms with van der Waals surface area (Å²) in [5, 5.41) is 6.98. The van der Waals surface area contributed by atoms with Gasteiger partial charge in [0.15, 0.2) is 5.69 Å². The van der Waals surface area contributed by atoms with Crippen LogP contribution >= 0.6 is 11.6 Å². The lowest BCUT2D eigenvalue weighted by Crippen LogP contribution is -2.53. The molecule has 2 aliphatic heterocycles. The topological polar surface area (TPSA) is 78.5 Å². The minimum Gasteiger partial charge on any atom is -0.447 e. The molecule has 3 heterocycles. The predicted octanol–water partition coefficient (Wildman–Crippen LogP) is 0.648. The molecule has 0 saturated carbocycles. The van der Waals surface area contributed by atoms with Crippen LogP contribution in [0.4, 0.5) is 4.79 Å². The Morgan fingerprint density at radius 2 is 2.32 bits per heavy atom. The van der Waals surface area contributed by atoms with Crippen LogP contribution < -0.4 is 0 Å². The van der Waals surface area contributed by atoms with Crippen LogP contribution in [-0.2, 0) is 4.74 Å². The molecule has 19 heavy (non-hydrogen) atoms. The molecular weight excluding hydrogens is 272 g/mol. The van der Waals surface area contributed by atoms with Crippen LogP contribution in [0.3, 0.4) is 0 Å². The van der Waals surface area contributed by atoms with E-state index in [0.717, 1.165) is 0 Å². The Bertz CT molecular complexity index is 544. The zero-order chi connectivity index (χ0) is 13.6. The van der Waals surface area contributed by atoms with Gasteiger partial charge in [-0.15, -0.1) is 0 Å². The third-order valence-electron chi connectivity index (χ3n) is 3.48. The standard InChI is InChI=1S/C11H13ClN4O3/c1-6-8(12)9(14-13-6)10(17)15-2-3-16-7(4-15)5-19-11(16)18/h7H,2-5H2,1H3,(H,13,14)/t7-/m0/s1. The number of piperazine rings is 1. The quantitative estimate of drug-likeness (QED) is 0.821. The molecule has 0 aliphatic carbocycles. The van der Waals surface area contributed by atoms with E-state index in [2.05, 4.69) is 10.2 Å². The fourth-order valence-electron chi connectivity index (χ4n) is 2.38. The van der Waals surface area contributed by atoms with Crippen LogP contribution in [0.1, 0.15) is 16.2 Å². The minimum absolute atomic E-state index is 0.0657. The highest BCUT2D eigenvalue weighted by atomic mass is 35.5. The van der Waals surface area contributed by atoms with Crippen molar-refractivity contribution in [2.75, 3.05) is 26.2 Å². The second-order valence-electron chi connectivity index (χ2n) is 4.69. The summed E-state index contributed by atoms with van der Waals surface area (Å²) in [4.78, 5) is 27.0. The predicted molar refractivity (Wildman–Crippen MR) is 66.1 cm³/mol. The van der Waals surface area contributed by atoms with Gasteiger partial charge in [-0.25, -0.2) is 4.79 Å². The lowest BCUT2D eigenvalue weighted by atomic mass is 10.2. The van der Waals surface area contributed by atoms with Crippen molar-refractivity contribution in [3.63, 3.8) is 0 Å². The summed E-state index contributed by atoms with van der Waals surface area (Å²) in [6, 6.07) is -0.0657. The molecule has 1 aromatic rings. The van der Waals surface area contributed by atoms with Crippen molar-refractivity contribution in [1.82, 2.24) is 20.0 Å². The number of halogens is 1. The first-order valence-corrected chi connectivity index (χ1v) is 6.39. The normalized spacial score (nSPS) is 22.4. The highest BCUT2D eigenvalue weighted by Crippen LogP contribution is 2.22. The van der Waals surface area contributed by atoms with Gasteiger partial charge in [-0.1, -0.05) is 11.6 Å². The number of fused-ring (bicyclic) bond motifs is 1. The maximum atomic E-state index is 12.3. The monoisotopic (exact) mass is 284 g/mol. The highest BCUT2D eigenvalue weighted by molar-refractivity contribution is 6.34. The van der Waals surface area contributed by atoms with E-state index in [1.807, 2.05) is 0 Å². The molecule has 0 radical (unpaired) electrons. The second kappa shape index (κ2) is 4.41. The van der Waals surface area contributed by atoms with Crippen molar-refractivity contribution in [3.8, 4) is 0 Å². The molecule has 8 heteroatoms. The number of H-pyrrole nitrogens is 1. The van der Waals surface area contributed by atoms with Gasteiger partial charge < -0.3 is 9.64 Å². The number of carbonyl (C=O) groups excluding carboxylic acids is 2. The number of carbonyl (C=O) groups is 2. The van der Waals surface area contributed by atoms with Crippen LogP contribution in [0.5, 0.6) is 0 Å². The Morgan fingerprint density at radius 3 is 3.00 bits per heavy atom. The zero-order valence-corrected chi connectivity index (χ0v) is 11.1. The number of aromatic amines is 1. The molecule has 2 fully saturated rings. The highest BCUT2D eigenvalue weighted by Gasteiger charge is 2.39. The molecule has 2 amide bonds. The molecule has 0 aromatic carbocycles. The molecule has 0 bridgehead atoms. The number of nitrogens with one attached hydrogen (secondary N) is 1. The average molecular weight is 285 g/mol. The Hall–Kier alpha value is -1.76. The van der Waals surface area contributed by atoms with Gasteiger partial charge in [-0.3, -0.25) is 14.8 Å². The number of amides is 2. The fraction of sp³-hybridized carbons (Fsp3) is 0.545. The van der Waals surface area contributed by atoms with E-state index >= 15 is 0 Å². The number of hydrogen-bond donors (Lipinski definition) is 1. The first kappa shape index (κ1) is 12.3. The van der Waals surface area contributed by atoms with E-state index in [-0.39, 0.29) is 23.7 Å². The maximum Gasteiger partial charge on any atom is 0.410 e. The molecule has 1 N–H and O–H groups in total. The molecule has 2 aliphatic rings. The van der Waals surface area contributed by atoms with E-state index in [9.17, 15) is 9.59 Å². The molecule has 1 atom stereocenters. The molecule has 2 saturated heterocycles. The van der Waals surface area contributed by atoms with Gasteiger partial charge in [-0.2, -0.15) is 5.10 Å². The largest absolute Gasteiger partial charge is 0.447 e. The van der Waals surface area contributed by atoms with E-state index in [0.29, 0.717) is 37.0 Å². The van der Waals surface area contributed by atoms with E-state index in [1.165, 1.54) is 0 Å². The number of hydrogen-bond acceptors (Lipinski definition) is 4. The van der Waals surface area contributed by atoms with E-state index in [4.69, 9.17) is 16.3 Å². The SMILES string of the molecule is Cc1[nH]nc(C(=O)N2CCN3C(=O)OC[C@@H]3C2)c1Cl. The van der Waals surface area contributed by atoms with Gasteiger partial charge in [0.2, 0.25) is 0 Å². The van der Waals surface area contributed by atoms with Gasteiger partial charge in [0.25, 0.3) is 5.91 Å². The summed E-state index contributed by atoms with van der Waals surface area (Å²) in [5.74, 6) is -0.214. The molecule has 7 nitrogen and oxygen atoms in total. The lowest BCUT2D eigenvalue weighted by Gasteiger charge is -2.34. The summed E-state index contributed by atoms with van der Waals surface area (Å²) in [6.07, 6.45) is -0.300. The van der Waals surface area contributed by atoms with Gasteiger partial charge in [0, 0.05) is 19.6 Å². The van der Waals surface area contributed by atoms with E-state index in [1.54, 1.807) is 16.7 Å². The number of ether oxygens (including phenoxy) is 1. The van der Waals surface area contributed by atoms with Crippen LogP contribution in [0.25, 0.3) is 0 Å². The number of aromatic nitrogens is 2. The molecule has 0 unspecified atom stereocenters. The van der Waals surface area contributed by atoms with Crippen LogP contribution in [0.2, 0.25) is 5.02 Å². The van der Waals surface area contributed by atoms with Crippen molar-refractivity contribution in [3.05, 3.63) is 16.4 Å². The second-order valence-corrected chi connectivity index (χ2v) is 5.06. The van der Waals surface area contributed by atoms with Gasteiger partial charge in [0.1, 0.15) is 6.61 Å². The zero-order valence-electron chi connectivity index (χ0n) is 10.4. The van der Waals surface area contributed by atoms with Crippen molar-refractivity contribution < 1.29 is 14.3 Å². The Morgan fingerprint density at radius 1 is 1.53 bits per heavy atom. The first-order chi connectivity index (χ1) is 9.08. The Labute approximate surface area is 114 Å². The van der Waals surface area contributed by atoms with Crippen molar-refractivity contribution >= 4 is 23.6 Å². The number of cyclic esters (lactones) is 1. The molecule has 1 aromatic heterocycles. The van der Waals surface area contributed by atoms with Crippen molar-refractivity contribution in [2.45, 2.75) is 13.0 Å². The molecule has 102 valence electrons. The van der Waals surface area contributed by atoms with Crippen molar-refractivity contribution in [1.29, 1.82) is 0 Å². The van der Waals surface area contributed by atoms with Crippen molar-refractivity contribution in [2.24, 2.45) is 0 Å². The average Bonchev–Trinajstić information content (AvgIpc) is 2.94. The van der Waals surface area contributed by atoms with Crippen LogP contribution in [0, 0.1) is 6.92 Å². The molecule has 0 spiro atoms. The Balaban J connectivity index is 1.75. The lowest BCUT2D eigenvalue weighted by molar-refractivity contribution is 0.0611. The molecular formula is C11H13ClN4O3. The Kier molecular flexibility index (Phi) is 2.85.